The van der Waals surface area contributed by atoms with Crippen LogP contribution in [0.5, 0.6) is 0 Å². The summed E-state index contributed by atoms with van der Waals surface area (Å²) in [5.41, 5.74) is 0.0854. The quantitative estimate of drug-likeness (QED) is 0.705. The lowest BCUT2D eigenvalue weighted by Gasteiger charge is -2.39. The lowest BCUT2D eigenvalue weighted by molar-refractivity contribution is -0.138. The summed E-state index contributed by atoms with van der Waals surface area (Å²) in [4.78, 5) is 22.2. The molecule has 5 heteroatoms. The van der Waals surface area contributed by atoms with Crippen molar-refractivity contribution in [3.05, 3.63) is 0 Å². The number of nitrogens with one attached hydrogen (secondary N) is 2. The molecule has 0 aromatic carbocycles. The molecule has 3 N–H and O–H groups in total. The molecule has 0 saturated heterocycles. The Labute approximate surface area is 102 Å². The molecule has 0 heterocycles. The molecule has 1 fully saturated rings. The fourth-order valence-electron chi connectivity index (χ4n) is 2.22. The Balaban J connectivity index is 2.47. The van der Waals surface area contributed by atoms with E-state index in [1.165, 1.54) is 13.3 Å². The van der Waals surface area contributed by atoms with Crippen LogP contribution in [0.2, 0.25) is 0 Å². The minimum Gasteiger partial charge on any atom is -0.480 e. The Hall–Kier alpha value is -1.26. The molecule has 0 radical (unpaired) electrons. The summed E-state index contributed by atoms with van der Waals surface area (Å²) in [6, 6.07) is -1.13. The van der Waals surface area contributed by atoms with Gasteiger partial charge in [-0.1, -0.05) is 26.7 Å². The van der Waals surface area contributed by atoms with E-state index in [0.717, 1.165) is 19.3 Å². The van der Waals surface area contributed by atoms with Gasteiger partial charge in [-0.25, -0.2) is 4.79 Å². The van der Waals surface area contributed by atoms with E-state index in [9.17, 15) is 9.59 Å². The summed E-state index contributed by atoms with van der Waals surface area (Å²) >= 11 is 0. The highest BCUT2D eigenvalue weighted by Crippen LogP contribution is 2.35. The normalized spacial score (nSPS) is 24.8. The lowest BCUT2D eigenvalue weighted by atomic mass is 9.73. The maximum Gasteiger partial charge on any atom is 0.325 e. The predicted octanol–water partition coefficient (Wildman–Crippen LogP) is 1.73. The molecule has 2 unspecified atom stereocenters. The van der Waals surface area contributed by atoms with E-state index in [2.05, 4.69) is 24.5 Å². The molecule has 1 aliphatic carbocycles. The average molecular weight is 242 g/mol. The van der Waals surface area contributed by atoms with E-state index in [1.54, 1.807) is 0 Å². The summed E-state index contributed by atoms with van der Waals surface area (Å²) in [6.45, 7) is 5.73. The highest BCUT2D eigenvalue weighted by atomic mass is 16.4. The van der Waals surface area contributed by atoms with E-state index in [0.29, 0.717) is 0 Å². The smallest absolute Gasteiger partial charge is 0.325 e. The zero-order chi connectivity index (χ0) is 13.1. The van der Waals surface area contributed by atoms with Gasteiger partial charge in [0.2, 0.25) is 0 Å². The van der Waals surface area contributed by atoms with Crippen LogP contribution in [0, 0.1) is 5.41 Å². The first-order valence-corrected chi connectivity index (χ1v) is 6.13. The molecule has 2 amide bonds. The van der Waals surface area contributed by atoms with Gasteiger partial charge in [0.1, 0.15) is 6.04 Å². The second kappa shape index (κ2) is 5.38. The van der Waals surface area contributed by atoms with E-state index in [4.69, 9.17) is 5.11 Å². The topological polar surface area (TPSA) is 78.4 Å². The molecule has 17 heavy (non-hydrogen) atoms. The SMILES string of the molecule is CC(NC(=O)NC1CCCCC1(C)C)C(=O)O. The first-order chi connectivity index (χ1) is 7.83. The van der Waals surface area contributed by atoms with Crippen molar-refractivity contribution in [3.8, 4) is 0 Å². The monoisotopic (exact) mass is 242 g/mol. The number of aliphatic carboxylic acids is 1. The number of amides is 2. The fraction of sp³-hybridized carbons (Fsp3) is 0.833. The molecule has 0 aromatic rings. The molecule has 0 spiro atoms. The Kier molecular flexibility index (Phi) is 4.37. The maximum absolute atomic E-state index is 11.6. The number of carbonyl (C=O) groups excluding carboxylic acids is 1. The van der Waals surface area contributed by atoms with Gasteiger partial charge >= 0.3 is 12.0 Å². The Bertz CT molecular complexity index is 302. The van der Waals surface area contributed by atoms with E-state index < -0.39 is 12.0 Å². The zero-order valence-corrected chi connectivity index (χ0v) is 10.7. The van der Waals surface area contributed by atoms with Crippen molar-refractivity contribution in [2.75, 3.05) is 0 Å². The van der Waals surface area contributed by atoms with Crippen LogP contribution >= 0.6 is 0 Å². The van der Waals surface area contributed by atoms with Crippen LogP contribution in [-0.2, 0) is 4.79 Å². The number of carboxylic acid groups (broad SMARTS) is 1. The van der Waals surface area contributed by atoms with Crippen LogP contribution in [0.3, 0.4) is 0 Å². The molecular formula is C12H22N2O3. The van der Waals surface area contributed by atoms with Crippen LogP contribution < -0.4 is 10.6 Å². The first kappa shape index (κ1) is 13.8. The van der Waals surface area contributed by atoms with Crippen molar-refractivity contribution in [2.24, 2.45) is 5.41 Å². The fourth-order valence-corrected chi connectivity index (χ4v) is 2.22. The number of hydrogen-bond acceptors (Lipinski definition) is 2. The van der Waals surface area contributed by atoms with Gasteiger partial charge in [0.05, 0.1) is 0 Å². The standard InChI is InChI=1S/C12H22N2O3/c1-8(10(15)16)13-11(17)14-9-6-4-5-7-12(9,2)3/h8-9H,4-7H2,1-3H3,(H,15,16)(H2,13,14,17). The third-order valence-electron chi connectivity index (χ3n) is 3.53. The van der Waals surface area contributed by atoms with Gasteiger partial charge in [0.15, 0.2) is 0 Å². The summed E-state index contributed by atoms with van der Waals surface area (Å²) in [5, 5.41) is 14.0. The van der Waals surface area contributed by atoms with Crippen molar-refractivity contribution >= 4 is 12.0 Å². The Morgan fingerprint density at radius 2 is 2.00 bits per heavy atom. The largest absolute Gasteiger partial charge is 0.480 e. The van der Waals surface area contributed by atoms with Gasteiger partial charge in [-0.15, -0.1) is 0 Å². The van der Waals surface area contributed by atoms with Crippen molar-refractivity contribution in [2.45, 2.75) is 58.5 Å². The lowest BCUT2D eigenvalue weighted by Crippen LogP contribution is -2.52. The average Bonchev–Trinajstić information content (AvgIpc) is 2.20. The van der Waals surface area contributed by atoms with Crippen molar-refractivity contribution < 1.29 is 14.7 Å². The third kappa shape index (κ3) is 3.91. The van der Waals surface area contributed by atoms with Crippen LogP contribution in [0.4, 0.5) is 4.79 Å². The number of carbonyl (C=O) groups is 2. The van der Waals surface area contributed by atoms with Gasteiger partial charge in [-0.3, -0.25) is 4.79 Å². The summed E-state index contributed by atoms with van der Waals surface area (Å²) in [7, 11) is 0. The predicted molar refractivity (Wildman–Crippen MR) is 64.8 cm³/mol. The minimum atomic E-state index is -1.02. The van der Waals surface area contributed by atoms with E-state index in [-0.39, 0.29) is 17.5 Å². The van der Waals surface area contributed by atoms with Gasteiger partial charge in [-0.2, -0.15) is 0 Å². The molecule has 0 aliphatic heterocycles. The molecule has 0 bridgehead atoms. The third-order valence-corrected chi connectivity index (χ3v) is 3.53. The molecule has 1 aliphatic rings. The van der Waals surface area contributed by atoms with Gasteiger partial charge in [0.25, 0.3) is 0 Å². The van der Waals surface area contributed by atoms with Gasteiger partial charge < -0.3 is 15.7 Å². The van der Waals surface area contributed by atoms with Gasteiger partial charge in [0, 0.05) is 6.04 Å². The minimum absolute atomic E-state index is 0.0854. The number of urea groups is 1. The molecule has 0 aromatic heterocycles. The first-order valence-electron chi connectivity index (χ1n) is 6.13. The number of carboxylic acids is 1. The Morgan fingerprint density at radius 3 is 2.53 bits per heavy atom. The number of hydrogen-bond donors (Lipinski definition) is 3. The Morgan fingerprint density at radius 1 is 1.35 bits per heavy atom. The van der Waals surface area contributed by atoms with Crippen LogP contribution in [-0.4, -0.2) is 29.2 Å². The molecular weight excluding hydrogens is 220 g/mol. The van der Waals surface area contributed by atoms with E-state index >= 15 is 0 Å². The highest BCUT2D eigenvalue weighted by molar-refractivity contribution is 5.82. The molecule has 98 valence electrons. The van der Waals surface area contributed by atoms with Crippen LogP contribution in [0.15, 0.2) is 0 Å². The summed E-state index contributed by atoms with van der Waals surface area (Å²) < 4.78 is 0. The summed E-state index contributed by atoms with van der Waals surface area (Å²) in [5.74, 6) is -1.02. The molecule has 2 atom stereocenters. The zero-order valence-electron chi connectivity index (χ0n) is 10.7. The van der Waals surface area contributed by atoms with Crippen LogP contribution in [0.25, 0.3) is 0 Å². The molecule has 1 saturated carbocycles. The van der Waals surface area contributed by atoms with E-state index in [1.807, 2.05) is 0 Å². The van der Waals surface area contributed by atoms with Crippen molar-refractivity contribution in [1.29, 1.82) is 0 Å². The second-order valence-electron chi connectivity index (χ2n) is 5.46. The highest BCUT2D eigenvalue weighted by Gasteiger charge is 2.33. The van der Waals surface area contributed by atoms with Crippen molar-refractivity contribution in [3.63, 3.8) is 0 Å². The molecule has 5 nitrogen and oxygen atoms in total. The van der Waals surface area contributed by atoms with Crippen molar-refractivity contribution in [1.82, 2.24) is 10.6 Å². The molecule has 1 rings (SSSR count). The van der Waals surface area contributed by atoms with Gasteiger partial charge in [-0.05, 0) is 25.2 Å². The second-order valence-corrected chi connectivity index (χ2v) is 5.46. The summed E-state index contributed by atoms with van der Waals surface area (Å²) in [6.07, 6.45) is 4.36. The maximum atomic E-state index is 11.6. The number of rotatable bonds is 3. The van der Waals surface area contributed by atoms with Crippen LogP contribution in [0.1, 0.15) is 46.5 Å².